The Morgan fingerprint density at radius 1 is 0.258 bits per heavy atom. The van der Waals surface area contributed by atoms with E-state index in [1.165, 1.54) is 0 Å². The van der Waals surface area contributed by atoms with Gasteiger partial charge in [-0.15, -0.1) is 0 Å². The normalized spacial score (nSPS) is 12.9. The number of fused-ring (bicyclic) bond motifs is 24. The van der Waals surface area contributed by atoms with Crippen molar-refractivity contribution in [1.82, 2.24) is 32.8 Å². The molecular formula is C86H46N10O. The molecule has 8 heterocycles. The monoisotopic (exact) mass is 1230 g/mol. The quantitative estimate of drug-likeness (QED) is 0.169. The van der Waals surface area contributed by atoms with Crippen molar-refractivity contribution in [2.75, 3.05) is 0 Å². The lowest BCUT2D eigenvalue weighted by Gasteiger charge is -2.39. The van der Waals surface area contributed by atoms with Gasteiger partial charge in [0, 0.05) is 105 Å². The Hall–Kier alpha value is -13.8. The van der Waals surface area contributed by atoms with Crippen LogP contribution in [0.1, 0.15) is 38.9 Å². The van der Waals surface area contributed by atoms with Crippen LogP contribution < -0.4 is 4.74 Å². The largest absolute Gasteiger partial charge is 0.457 e. The van der Waals surface area contributed by atoms with E-state index in [1.807, 2.05) is 60.9 Å². The van der Waals surface area contributed by atoms with Gasteiger partial charge in [0.1, 0.15) is 11.5 Å². The summed E-state index contributed by atoms with van der Waals surface area (Å²) < 4.78 is 19.3. The molecule has 11 nitrogen and oxygen atoms in total. The molecular weight excluding hydrogens is 1190 g/mol. The van der Waals surface area contributed by atoms with Crippen LogP contribution in [0, 0.1) is 34.0 Å². The van der Waals surface area contributed by atoms with E-state index in [1.54, 1.807) is 0 Å². The fourth-order valence-electron chi connectivity index (χ4n) is 16.7. The summed E-state index contributed by atoms with van der Waals surface area (Å²) in [4.78, 5) is 11.2. The number of pyridine rings is 2. The molecule has 0 atom stereocenters. The second-order valence-corrected chi connectivity index (χ2v) is 25.4. The highest BCUT2D eigenvalue weighted by Crippen LogP contribution is 2.63. The van der Waals surface area contributed by atoms with Crippen LogP contribution in [-0.2, 0) is 5.41 Å². The molecule has 1 aliphatic carbocycles. The predicted molar refractivity (Wildman–Crippen MR) is 385 cm³/mol. The Morgan fingerprint density at radius 2 is 0.536 bits per heavy atom. The fraction of sp³-hybridized carbons (Fsp3) is 0.0116. The molecule has 12 aromatic carbocycles. The first-order chi connectivity index (χ1) is 47.9. The van der Waals surface area contributed by atoms with Gasteiger partial charge in [0.05, 0.1) is 131 Å². The Kier molecular flexibility index (Phi) is 10.6. The third-order valence-corrected chi connectivity index (χ3v) is 20.7. The van der Waals surface area contributed by atoms with E-state index in [0.717, 1.165) is 171 Å². The van der Waals surface area contributed by atoms with Gasteiger partial charge in [0.2, 0.25) is 0 Å². The highest BCUT2D eigenvalue weighted by molar-refractivity contribution is 6.15. The highest BCUT2D eigenvalue weighted by Gasteiger charge is 2.53. The van der Waals surface area contributed by atoms with Gasteiger partial charge in [-0.25, -0.2) is 0 Å². The molecule has 446 valence electrons. The third kappa shape index (κ3) is 7.03. The number of nitriles is 3. The molecule has 1 spiro atoms. The van der Waals surface area contributed by atoms with Crippen molar-refractivity contribution in [1.29, 1.82) is 15.8 Å². The van der Waals surface area contributed by atoms with Gasteiger partial charge in [0.15, 0.2) is 0 Å². The second-order valence-electron chi connectivity index (χ2n) is 25.4. The Labute approximate surface area is 552 Å². The van der Waals surface area contributed by atoms with Crippen LogP contribution in [0.15, 0.2) is 279 Å². The molecule has 21 rings (SSSR count). The van der Waals surface area contributed by atoms with E-state index >= 15 is 0 Å². The van der Waals surface area contributed by atoms with E-state index < -0.39 is 5.41 Å². The maximum atomic E-state index is 10.2. The lowest BCUT2D eigenvalue weighted by molar-refractivity contribution is 0.436. The van der Waals surface area contributed by atoms with Crippen LogP contribution in [0.2, 0.25) is 0 Å². The Balaban J connectivity index is 0.851. The van der Waals surface area contributed by atoms with Crippen molar-refractivity contribution in [3.63, 3.8) is 0 Å². The minimum Gasteiger partial charge on any atom is -0.457 e. The SMILES string of the molecule is N#Cc1ccc2c(c1)c1ccccc1n2-c1cnc2c(c1)C1(c3ccc(-n4c5ccccc5c5ccccc54)cc3Oc3cc(-n4c5ccccc5c5cc(-n6c7ccccc7c7cc(C#N)ccc76)ccc54)ccc31)c1cc(-n3c4ccccc4c4cc(C#N)ccc43)cnc1-2. The molecule has 0 N–H and O–H groups in total. The summed E-state index contributed by atoms with van der Waals surface area (Å²) in [6, 6.07) is 101. The number of rotatable bonds is 5. The molecule has 0 amide bonds. The fourth-order valence-corrected chi connectivity index (χ4v) is 16.7. The first-order valence-corrected chi connectivity index (χ1v) is 32.3. The molecule has 19 aromatic rings. The van der Waals surface area contributed by atoms with E-state index in [0.29, 0.717) is 28.2 Å². The van der Waals surface area contributed by atoms with Crippen molar-refractivity contribution < 1.29 is 4.74 Å². The van der Waals surface area contributed by atoms with Gasteiger partial charge in [0.25, 0.3) is 0 Å². The van der Waals surface area contributed by atoms with Crippen molar-refractivity contribution >= 4 is 109 Å². The molecule has 11 heteroatoms. The highest BCUT2D eigenvalue weighted by atomic mass is 16.5. The zero-order valence-corrected chi connectivity index (χ0v) is 51.4. The van der Waals surface area contributed by atoms with Crippen LogP contribution in [0.5, 0.6) is 11.5 Å². The topological polar surface area (TPSA) is 131 Å². The maximum absolute atomic E-state index is 10.2. The number of nitrogens with zero attached hydrogens (tertiary/aromatic N) is 10. The van der Waals surface area contributed by atoms with Crippen LogP contribution in [0.25, 0.3) is 149 Å². The summed E-state index contributed by atoms with van der Waals surface area (Å²) in [5, 5.41) is 41.1. The number of hydrogen-bond acceptors (Lipinski definition) is 6. The smallest absolute Gasteiger partial charge is 0.134 e. The molecule has 0 bridgehead atoms. The van der Waals surface area contributed by atoms with Gasteiger partial charge in [-0.2, -0.15) is 15.8 Å². The zero-order valence-electron chi connectivity index (χ0n) is 51.4. The van der Waals surface area contributed by atoms with Gasteiger partial charge in [-0.05, 0) is 133 Å². The summed E-state index contributed by atoms with van der Waals surface area (Å²) in [6.07, 6.45) is 3.94. The first-order valence-electron chi connectivity index (χ1n) is 32.3. The lowest BCUT2D eigenvalue weighted by Crippen LogP contribution is -2.32. The second kappa shape index (κ2) is 19.4. The maximum Gasteiger partial charge on any atom is 0.134 e. The summed E-state index contributed by atoms with van der Waals surface area (Å²) in [7, 11) is 0. The average Bonchev–Trinajstić information content (AvgIpc) is 1.52. The van der Waals surface area contributed by atoms with Gasteiger partial charge < -0.3 is 27.6 Å². The number of hydrogen-bond donors (Lipinski definition) is 0. The minimum atomic E-state index is -1.12. The van der Waals surface area contributed by atoms with Gasteiger partial charge in [-0.3, -0.25) is 9.97 Å². The number of ether oxygens (including phenoxy) is 1. The molecule has 0 saturated carbocycles. The summed E-state index contributed by atoms with van der Waals surface area (Å²) in [5.74, 6) is 1.35. The average molecular weight is 1240 g/mol. The van der Waals surface area contributed by atoms with E-state index in [4.69, 9.17) is 14.7 Å². The van der Waals surface area contributed by atoms with Crippen LogP contribution >= 0.6 is 0 Å². The predicted octanol–water partition coefficient (Wildman–Crippen LogP) is 20.0. The van der Waals surface area contributed by atoms with E-state index in [-0.39, 0.29) is 0 Å². The van der Waals surface area contributed by atoms with Gasteiger partial charge in [-0.1, -0.05) is 121 Å². The van der Waals surface area contributed by atoms with Crippen LogP contribution in [0.3, 0.4) is 0 Å². The summed E-state index contributed by atoms with van der Waals surface area (Å²) >= 11 is 0. The summed E-state index contributed by atoms with van der Waals surface area (Å²) in [6.45, 7) is 0. The molecule has 0 saturated heterocycles. The molecule has 7 aromatic heterocycles. The molecule has 0 unspecified atom stereocenters. The van der Waals surface area contributed by atoms with Crippen molar-refractivity contribution in [3.05, 3.63) is 318 Å². The first kappa shape index (κ1) is 52.8. The molecule has 0 radical (unpaired) electrons. The minimum absolute atomic E-state index is 0.587. The Bertz CT molecular complexity index is 6690. The third-order valence-electron chi connectivity index (χ3n) is 20.7. The Morgan fingerprint density at radius 3 is 0.887 bits per heavy atom. The van der Waals surface area contributed by atoms with Crippen LogP contribution in [-0.4, -0.2) is 32.8 Å². The molecule has 2 aliphatic rings. The number of aromatic nitrogens is 7. The van der Waals surface area contributed by atoms with Crippen molar-refractivity contribution in [3.8, 4) is 69.5 Å². The molecule has 97 heavy (non-hydrogen) atoms. The number of benzene rings is 12. The van der Waals surface area contributed by atoms with Crippen molar-refractivity contribution in [2.24, 2.45) is 0 Å². The van der Waals surface area contributed by atoms with Crippen LogP contribution in [0.4, 0.5) is 0 Å². The summed E-state index contributed by atoms with van der Waals surface area (Å²) in [5.41, 5.74) is 20.7. The van der Waals surface area contributed by atoms with Crippen molar-refractivity contribution in [2.45, 2.75) is 5.41 Å². The van der Waals surface area contributed by atoms with Gasteiger partial charge >= 0.3 is 0 Å². The standard InChI is InChI=1S/C86H46N10O/c87-45-50-25-33-78-64(37-50)60-15-3-9-21-74(60)92(78)53-30-36-81-67(40-53)63-18-6-10-22-75(63)94(81)55-29-32-69-83(44-55)97-82-43-54(93-72-19-7-1-13-58(72)59-14-2-8-20-73(59)93)28-31-68(82)86(69)70-41-56(95-76-23-11-4-16-61(76)65-38-51(46-88)26-34-79(65)95)48-90-84(70)85-71(86)42-57(49-91-85)96-77-24-12-5-17-62(77)66-39-52(47-89)27-35-80(66)96/h1-44,48-49H. The zero-order chi connectivity index (χ0) is 63.9. The van der Waals surface area contributed by atoms with E-state index in [2.05, 4.69) is 259 Å². The lowest BCUT2D eigenvalue weighted by atomic mass is 9.66. The molecule has 0 fully saturated rings. The number of para-hydroxylation sites is 6. The molecule has 1 aliphatic heterocycles. The van der Waals surface area contributed by atoms with E-state index in [9.17, 15) is 15.8 Å².